The molecule has 1 fully saturated rings. The van der Waals surface area contributed by atoms with Crippen LogP contribution >= 0.6 is 22.6 Å². The molecule has 0 amide bonds. The van der Waals surface area contributed by atoms with Crippen molar-refractivity contribution in [1.82, 2.24) is 19.7 Å². The van der Waals surface area contributed by atoms with Crippen LogP contribution in [-0.2, 0) is 4.74 Å². The minimum absolute atomic E-state index is 0.0237. The van der Waals surface area contributed by atoms with Gasteiger partial charge in [0.15, 0.2) is 11.9 Å². The quantitative estimate of drug-likeness (QED) is 0.768. The molecular formula is C11H13IN4O2. The first-order valence-electron chi connectivity index (χ1n) is 5.85. The van der Waals surface area contributed by atoms with Crippen molar-refractivity contribution in [2.24, 2.45) is 0 Å². The van der Waals surface area contributed by atoms with E-state index in [4.69, 9.17) is 9.47 Å². The molecule has 18 heavy (non-hydrogen) atoms. The minimum Gasteiger partial charge on any atom is -0.480 e. The first-order valence-corrected chi connectivity index (χ1v) is 6.93. The first-order chi connectivity index (χ1) is 8.81. The molecule has 1 aliphatic heterocycles. The molecule has 1 saturated heterocycles. The largest absolute Gasteiger partial charge is 0.480 e. The van der Waals surface area contributed by atoms with Crippen molar-refractivity contribution in [1.29, 1.82) is 0 Å². The summed E-state index contributed by atoms with van der Waals surface area (Å²) < 4.78 is 13.7. The van der Waals surface area contributed by atoms with Crippen LogP contribution in [0.25, 0.3) is 11.0 Å². The molecule has 0 bridgehead atoms. The van der Waals surface area contributed by atoms with Gasteiger partial charge in [0.05, 0.1) is 7.11 Å². The number of hydrogen-bond donors (Lipinski definition) is 0. The number of nitrogens with zero attached hydrogens (tertiary/aromatic N) is 4. The Kier molecular flexibility index (Phi) is 3.33. The topological polar surface area (TPSA) is 62.1 Å². The molecule has 7 heteroatoms. The number of ether oxygens (including phenoxy) is 2. The zero-order chi connectivity index (χ0) is 12.5. The van der Waals surface area contributed by atoms with Gasteiger partial charge in [0, 0.05) is 6.61 Å². The summed E-state index contributed by atoms with van der Waals surface area (Å²) in [5.74, 6) is 0.562. The van der Waals surface area contributed by atoms with Crippen LogP contribution < -0.4 is 4.74 Å². The molecule has 3 heterocycles. The highest BCUT2D eigenvalue weighted by molar-refractivity contribution is 14.1. The summed E-state index contributed by atoms with van der Waals surface area (Å²) in [4.78, 5) is 8.42. The van der Waals surface area contributed by atoms with Gasteiger partial charge in [-0.05, 0) is 41.9 Å². The van der Waals surface area contributed by atoms with E-state index in [0.717, 1.165) is 40.6 Å². The minimum atomic E-state index is -0.0237. The van der Waals surface area contributed by atoms with Gasteiger partial charge < -0.3 is 9.47 Å². The van der Waals surface area contributed by atoms with Crippen LogP contribution in [0.3, 0.4) is 0 Å². The summed E-state index contributed by atoms with van der Waals surface area (Å²) in [5, 5.41) is 5.37. The highest BCUT2D eigenvalue weighted by Crippen LogP contribution is 2.31. The fourth-order valence-corrected chi connectivity index (χ4v) is 2.88. The van der Waals surface area contributed by atoms with Gasteiger partial charge in [-0.2, -0.15) is 5.10 Å². The molecule has 1 aliphatic rings. The number of aromatic nitrogens is 4. The van der Waals surface area contributed by atoms with Gasteiger partial charge in [-0.25, -0.2) is 14.6 Å². The van der Waals surface area contributed by atoms with Crippen molar-refractivity contribution in [2.45, 2.75) is 25.5 Å². The average Bonchev–Trinajstić information content (AvgIpc) is 2.77. The van der Waals surface area contributed by atoms with Crippen molar-refractivity contribution < 1.29 is 9.47 Å². The fraction of sp³-hybridized carbons (Fsp3) is 0.545. The van der Waals surface area contributed by atoms with Crippen LogP contribution in [0.2, 0.25) is 0 Å². The van der Waals surface area contributed by atoms with Crippen LogP contribution in [0, 0.1) is 3.70 Å². The highest BCUT2D eigenvalue weighted by Gasteiger charge is 2.23. The Bertz CT molecular complexity index is 565. The predicted molar refractivity (Wildman–Crippen MR) is 73.4 cm³/mol. The Hall–Kier alpha value is -0.960. The van der Waals surface area contributed by atoms with E-state index >= 15 is 0 Å². The maximum Gasteiger partial charge on any atom is 0.228 e. The van der Waals surface area contributed by atoms with Crippen molar-refractivity contribution in [3.8, 4) is 5.88 Å². The molecule has 3 rings (SSSR count). The second-order valence-corrected chi connectivity index (χ2v) is 5.16. The molecule has 1 atom stereocenters. The molecule has 0 aromatic carbocycles. The lowest BCUT2D eigenvalue weighted by molar-refractivity contribution is -0.0372. The third-order valence-corrected chi connectivity index (χ3v) is 3.79. The van der Waals surface area contributed by atoms with Crippen molar-refractivity contribution in [3.05, 3.63) is 10.0 Å². The second kappa shape index (κ2) is 4.96. The van der Waals surface area contributed by atoms with Gasteiger partial charge in [-0.15, -0.1) is 0 Å². The average molecular weight is 360 g/mol. The van der Waals surface area contributed by atoms with Gasteiger partial charge in [0.25, 0.3) is 0 Å². The lowest BCUT2D eigenvalue weighted by Gasteiger charge is -2.22. The van der Waals surface area contributed by atoms with E-state index in [1.54, 1.807) is 7.11 Å². The summed E-state index contributed by atoms with van der Waals surface area (Å²) in [6.07, 6.45) is 4.72. The number of hydrogen-bond acceptors (Lipinski definition) is 5. The van der Waals surface area contributed by atoms with E-state index in [1.807, 2.05) is 4.68 Å². The summed E-state index contributed by atoms with van der Waals surface area (Å²) in [6, 6.07) is 0. The van der Waals surface area contributed by atoms with Gasteiger partial charge in [-0.1, -0.05) is 0 Å². The summed E-state index contributed by atoms with van der Waals surface area (Å²) >= 11 is 2.18. The van der Waals surface area contributed by atoms with Gasteiger partial charge in [0.1, 0.15) is 15.4 Å². The van der Waals surface area contributed by atoms with E-state index in [0.29, 0.717) is 5.88 Å². The fourth-order valence-electron chi connectivity index (χ4n) is 2.18. The molecule has 0 spiro atoms. The summed E-state index contributed by atoms with van der Waals surface area (Å²) in [6.45, 7) is 0.783. The van der Waals surface area contributed by atoms with E-state index in [1.165, 1.54) is 6.33 Å². The van der Waals surface area contributed by atoms with E-state index in [2.05, 4.69) is 37.7 Å². The second-order valence-electron chi connectivity index (χ2n) is 4.14. The molecule has 2 aromatic heterocycles. The molecule has 1 unspecified atom stereocenters. The monoisotopic (exact) mass is 360 g/mol. The Morgan fingerprint density at radius 2 is 2.33 bits per heavy atom. The number of methoxy groups -OCH3 is 1. The third kappa shape index (κ3) is 1.95. The van der Waals surface area contributed by atoms with Crippen LogP contribution in [0.4, 0.5) is 0 Å². The molecule has 0 saturated carbocycles. The molecule has 6 nitrogen and oxygen atoms in total. The standard InChI is InChI=1S/C11H13IN4O2/c1-17-11-8-9(12)15-16(10(8)13-6-14-11)7-4-2-3-5-18-7/h6-7H,2-5H2,1H3. The zero-order valence-electron chi connectivity index (χ0n) is 9.97. The Balaban J connectivity index is 2.12. The first kappa shape index (κ1) is 12.1. The van der Waals surface area contributed by atoms with E-state index in [9.17, 15) is 0 Å². The zero-order valence-corrected chi connectivity index (χ0v) is 12.1. The summed E-state index contributed by atoms with van der Waals surface area (Å²) in [7, 11) is 1.60. The van der Waals surface area contributed by atoms with Crippen molar-refractivity contribution in [3.63, 3.8) is 0 Å². The van der Waals surface area contributed by atoms with Crippen LogP contribution in [0.1, 0.15) is 25.5 Å². The summed E-state index contributed by atoms with van der Waals surface area (Å²) in [5.41, 5.74) is 0.776. The predicted octanol–water partition coefficient (Wildman–Crippen LogP) is 2.14. The third-order valence-electron chi connectivity index (χ3n) is 3.03. The molecule has 0 aliphatic carbocycles. The van der Waals surface area contributed by atoms with E-state index in [-0.39, 0.29) is 6.23 Å². The molecule has 0 radical (unpaired) electrons. The lowest BCUT2D eigenvalue weighted by Crippen LogP contribution is -2.19. The SMILES string of the molecule is COc1ncnc2c1c(I)nn2C1CCCCO1. The number of rotatable bonds is 2. The maximum absolute atomic E-state index is 5.75. The maximum atomic E-state index is 5.75. The smallest absolute Gasteiger partial charge is 0.228 e. The highest BCUT2D eigenvalue weighted by atomic mass is 127. The van der Waals surface area contributed by atoms with Crippen LogP contribution in [-0.4, -0.2) is 33.5 Å². The Morgan fingerprint density at radius 1 is 1.44 bits per heavy atom. The van der Waals surface area contributed by atoms with Crippen LogP contribution in [0.15, 0.2) is 6.33 Å². The normalized spacial score (nSPS) is 20.2. The van der Waals surface area contributed by atoms with Gasteiger partial charge in [0.2, 0.25) is 5.88 Å². The van der Waals surface area contributed by atoms with Gasteiger partial charge in [-0.3, -0.25) is 0 Å². The van der Waals surface area contributed by atoms with Crippen molar-refractivity contribution >= 4 is 33.6 Å². The Morgan fingerprint density at radius 3 is 3.06 bits per heavy atom. The molecule has 96 valence electrons. The molecule has 2 aromatic rings. The molecular weight excluding hydrogens is 347 g/mol. The number of halogens is 1. The van der Waals surface area contributed by atoms with Crippen LogP contribution in [0.5, 0.6) is 5.88 Å². The van der Waals surface area contributed by atoms with Gasteiger partial charge >= 0.3 is 0 Å². The lowest BCUT2D eigenvalue weighted by atomic mass is 10.2. The number of fused-ring (bicyclic) bond motifs is 1. The van der Waals surface area contributed by atoms with E-state index < -0.39 is 0 Å². The molecule has 0 N–H and O–H groups in total. The van der Waals surface area contributed by atoms with Crippen molar-refractivity contribution in [2.75, 3.05) is 13.7 Å². The Labute approximate surface area is 118 Å².